The molecule has 0 heterocycles. The van der Waals surface area contributed by atoms with E-state index < -0.39 is 5.02 Å². The van der Waals surface area contributed by atoms with Crippen molar-refractivity contribution < 1.29 is 10.2 Å². The zero-order valence-electron chi connectivity index (χ0n) is 3.23. The van der Waals surface area contributed by atoms with E-state index in [1.807, 2.05) is 0 Å². The van der Waals surface area contributed by atoms with Crippen molar-refractivity contribution in [2.45, 2.75) is 5.02 Å². The monoisotopic (exact) mass is 132 g/mol. The van der Waals surface area contributed by atoms with Gasteiger partial charge < -0.3 is 10.2 Å². The molecule has 0 aromatic rings. The standard InChI is InChI=1S/CH2Cl2O.CH4O/c2-1(3)4;1-2/h1,4H;2H,1H3. The van der Waals surface area contributed by atoms with Crippen LogP contribution in [0.3, 0.4) is 0 Å². The molecule has 2 nitrogen and oxygen atoms in total. The Kier molecular flexibility index (Phi) is 14.7. The van der Waals surface area contributed by atoms with Gasteiger partial charge in [-0.25, -0.2) is 0 Å². The molecule has 0 unspecified atom stereocenters. The molecule has 0 radical (unpaired) electrons. The fourth-order valence-corrected chi connectivity index (χ4v) is 0. The summed E-state index contributed by atoms with van der Waals surface area (Å²) in [5.41, 5.74) is 0. The molecule has 0 bridgehead atoms. The van der Waals surface area contributed by atoms with Crippen LogP contribution in [-0.4, -0.2) is 22.3 Å². The van der Waals surface area contributed by atoms with Gasteiger partial charge in [-0.15, -0.1) is 0 Å². The van der Waals surface area contributed by atoms with Gasteiger partial charge in [-0.1, -0.05) is 23.2 Å². The van der Waals surface area contributed by atoms with E-state index in [1.54, 1.807) is 0 Å². The van der Waals surface area contributed by atoms with Gasteiger partial charge >= 0.3 is 0 Å². The maximum atomic E-state index is 7.59. The molecule has 0 aliphatic carbocycles. The second-order valence-corrected chi connectivity index (χ2v) is 1.33. The first kappa shape index (κ1) is 9.71. The van der Waals surface area contributed by atoms with Gasteiger partial charge in [-0.2, -0.15) is 0 Å². The summed E-state index contributed by atoms with van der Waals surface area (Å²) in [5.74, 6) is 0. The molecule has 0 saturated heterocycles. The lowest BCUT2D eigenvalue weighted by Gasteiger charge is -1.73. The highest BCUT2D eigenvalue weighted by Crippen LogP contribution is 1.90. The summed E-state index contributed by atoms with van der Waals surface area (Å²) in [6, 6.07) is 0. The Morgan fingerprint density at radius 1 is 1.33 bits per heavy atom. The minimum Gasteiger partial charge on any atom is -0.400 e. The smallest absolute Gasteiger partial charge is 0.204 e. The largest absolute Gasteiger partial charge is 0.400 e. The number of halogens is 2. The minimum absolute atomic E-state index is 1.00. The summed E-state index contributed by atoms with van der Waals surface area (Å²) in [6.45, 7) is 0. The van der Waals surface area contributed by atoms with Crippen LogP contribution in [0.4, 0.5) is 0 Å². The van der Waals surface area contributed by atoms with Crippen LogP contribution in [0.25, 0.3) is 0 Å². The topological polar surface area (TPSA) is 40.5 Å². The summed E-state index contributed by atoms with van der Waals surface area (Å²) in [7, 11) is 1.00. The number of alkyl halides is 2. The SMILES string of the molecule is CO.OC(Cl)Cl. The molecule has 0 atom stereocenters. The van der Waals surface area contributed by atoms with Crippen molar-refractivity contribution in [3.8, 4) is 0 Å². The molecule has 4 heteroatoms. The number of aliphatic hydroxyl groups is 2. The third kappa shape index (κ3) is 221. The Hall–Kier alpha value is 0.500. The average molecular weight is 133 g/mol. The Bertz CT molecular complexity index is 14.3. The Labute approximate surface area is 46.3 Å². The first-order valence-electron chi connectivity index (χ1n) is 1.14. The summed E-state index contributed by atoms with van der Waals surface area (Å²) < 4.78 is 0. The van der Waals surface area contributed by atoms with Crippen molar-refractivity contribution >= 4 is 23.2 Å². The lowest BCUT2D eigenvalue weighted by atomic mass is 11.7. The number of hydrogen-bond donors (Lipinski definition) is 2. The van der Waals surface area contributed by atoms with E-state index in [0.717, 1.165) is 7.11 Å². The average Bonchev–Trinajstić information content (AvgIpc) is 1.41. The molecule has 0 aliphatic heterocycles. The van der Waals surface area contributed by atoms with Crippen molar-refractivity contribution in [3.63, 3.8) is 0 Å². The van der Waals surface area contributed by atoms with Crippen molar-refractivity contribution in [2.24, 2.45) is 0 Å². The van der Waals surface area contributed by atoms with E-state index in [-0.39, 0.29) is 0 Å². The lowest BCUT2D eigenvalue weighted by molar-refractivity contribution is 0.333. The van der Waals surface area contributed by atoms with Gasteiger partial charge in [-0.3, -0.25) is 0 Å². The minimum atomic E-state index is -1.22. The zero-order chi connectivity index (χ0) is 5.58. The molecular formula is C2H6Cl2O2. The van der Waals surface area contributed by atoms with Gasteiger partial charge in [0.1, 0.15) is 0 Å². The Morgan fingerprint density at radius 3 is 1.33 bits per heavy atom. The van der Waals surface area contributed by atoms with E-state index in [4.69, 9.17) is 10.2 Å². The van der Waals surface area contributed by atoms with E-state index in [1.165, 1.54) is 0 Å². The third-order valence-corrected chi connectivity index (χ3v) is 0. The van der Waals surface area contributed by atoms with Crippen LogP contribution in [-0.2, 0) is 0 Å². The molecular weight excluding hydrogens is 127 g/mol. The summed E-state index contributed by atoms with van der Waals surface area (Å²) in [6.07, 6.45) is 0. The van der Waals surface area contributed by atoms with Crippen molar-refractivity contribution in [2.75, 3.05) is 7.11 Å². The maximum absolute atomic E-state index is 7.59. The van der Waals surface area contributed by atoms with Crippen LogP contribution in [0, 0.1) is 0 Å². The van der Waals surface area contributed by atoms with Crippen LogP contribution in [0.5, 0.6) is 0 Å². The van der Waals surface area contributed by atoms with Gasteiger partial charge in [0.25, 0.3) is 0 Å². The summed E-state index contributed by atoms with van der Waals surface area (Å²) in [5, 5.41) is 13.4. The van der Waals surface area contributed by atoms with Crippen LogP contribution in [0.1, 0.15) is 0 Å². The van der Waals surface area contributed by atoms with Gasteiger partial charge in [0, 0.05) is 7.11 Å². The number of hydrogen-bond acceptors (Lipinski definition) is 2. The summed E-state index contributed by atoms with van der Waals surface area (Å²) >= 11 is 9.19. The Balaban J connectivity index is 0. The highest BCUT2D eigenvalue weighted by atomic mass is 35.5. The zero-order valence-corrected chi connectivity index (χ0v) is 4.74. The number of rotatable bonds is 0. The van der Waals surface area contributed by atoms with E-state index in [2.05, 4.69) is 23.2 Å². The predicted octanol–water partition coefficient (Wildman–Crippen LogP) is 0.348. The third-order valence-electron chi connectivity index (χ3n) is 0. The molecule has 0 saturated carbocycles. The van der Waals surface area contributed by atoms with E-state index >= 15 is 0 Å². The molecule has 0 aliphatic rings. The highest BCUT2D eigenvalue weighted by Gasteiger charge is 1.76. The van der Waals surface area contributed by atoms with Gasteiger partial charge in [0.05, 0.1) is 0 Å². The molecule has 0 amide bonds. The molecule has 0 rings (SSSR count). The van der Waals surface area contributed by atoms with Crippen LogP contribution >= 0.6 is 23.2 Å². The first-order valence-corrected chi connectivity index (χ1v) is 2.01. The van der Waals surface area contributed by atoms with Crippen molar-refractivity contribution in [1.29, 1.82) is 0 Å². The number of aliphatic hydroxyl groups excluding tert-OH is 2. The molecule has 2 N–H and O–H groups in total. The highest BCUT2D eigenvalue weighted by molar-refractivity contribution is 6.42. The molecule has 6 heavy (non-hydrogen) atoms. The fraction of sp³-hybridized carbons (Fsp3) is 1.00. The maximum Gasteiger partial charge on any atom is 0.204 e. The predicted molar refractivity (Wildman–Crippen MR) is 25.9 cm³/mol. The van der Waals surface area contributed by atoms with E-state index in [9.17, 15) is 0 Å². The van der Waals surface area contributed by atoms with Crippen LogP contribution in [0.15, 0.2) is 0 Å². The second-order valence-electron chi connectivity index (χ2n) is 0.278. The van der Waals surface area contributed by atoms with Crippen molar-refractivity contribution in [3.05, 3.63) is 0 Å². The first-order chi connectivity index (χ1) is 2.73. The van der Waals surface area contributed by atoms with Crippen molar-refractivity contribution in [1.82, 2.24) is 0 Å². The molecule has 0 spiro atoms. The molecule has 0 aromatic carbocycles. The lowest BCUT2D eigenvalue weighted by Crippen LogP contribution is -1.73. The summed E-state index contributed by atoms with van der Waals surface area (Å²) in [4.78, 5) is 0. The van der Waals surface area contributed by atoms with Crippen LogP contribution in [0.2, 0.25) is 0 Å². The normalized spacial score (nSPS) is 7.00. The quantitative estimate of drug-likeness (QED) is 0.468. The van der Waals surface area contributed by atoms with Gasteiger partial charge in [0.2, 0.25) is 5.02 Å². The molecule has 40 valence electrons. The Morgan fingerprint density at radius 2 is 1.33 bits per heavy atom. The van der Waals surface area contributed by atoms with Gasteiger partial charge in [-0.05, 0) is 0 Å². The van der Waals surface area contributed by atoms with E-state index in [0.29, 0.717) is 0 Å². The van der Waals surface area contributed by atoms with Crippen LogP contribution < -0.4 is 0 Å². The molecule has 0 aromatic heterocycles. The fourth-order valence-electron chi connectivity index (χ4n) is 0. The van der Waals surface area contributed by atoms with Gasteiger partial charge in [0.15, 0.2) is 0 Å². The second kappa shape index (κ2) is 9.09. The molecule has 0 fully saturated rings.